The van der Waals surface area contributed by atoms with Gasteiger partial charge < -0.3 is 14.4 Å². The normalized spacial score (nSPS) is 13.0. The minimum atomic E-state index is 0.356. The van der Waals surface area contributed by atoms with Crippen LogP contribution in [-0.2, 0) is 13.2 Å². The monoisotopic (exact) mass is 501 g/mol. The van der Waals surface area contributed by atoms with Crippen molar-refractivity contribution in [3.8, 4) is 22.6 Å². The van der Waals surface area contributed by atoms with Gasteiger partial charge in [0, 0.05) is 26.2 Å². The van der Waals surface area contributed by atoms with Crippen LogP contribution in [0, 0.1) is 13.5 Å². The van der Waals surface area contributed by atoms with E-state index in [0.717, 1.165) is 53.5 Å². The van der Waals surface area contributed by atoms with E-state index in [0.29, 0.717) is 18.9 Å². The molecule has 0 saturated carbocycles. The van der Waals surface area contributed by atoms with Gasteiger partial charge in [0.25, 0.3) is 0 Å². The third-order valence-corrected chi connectivity index (χ3v) is 6.83. The minimum Gasteiger partial charge on any atom is -0.489 e. The van der Waals surface area contributed by atoms with Crippen molar-refractivity contribution >= 4 is 11.5 Å². The maximum atomic E-state index is 7.30. The number of rotatable bonds is 8. The molecular formula is C33H31N3O2. The van der Waals surface area contributed by atoms with E-state index >= 15 is 0 Å². The first kappa shape index (κ1) is 25.1. The number of hydrogen-bond acceptors (Lipinski definition) is 4. The molecule has 0 amide bonds. The van der Waals surface area contributed by atoms with Gasteiger partial charge in [-0.05, 0) is 59.4 Å². The second-order valence-corrected chi connectivity index (χ2v) is 9.45. The molecule has 4 aromatic carbocycles. The summed E-state index contributed by atoms with van der Waals surface area (Å²) >= 11 is 0. The standard InChI is InChI=1S/C33H31N3O2/c1-24-27(13-8-15-30(24)26-11-5-4-6-12-26)23-37-29-16-17-31(33-35-18-9-19-36(33)3)32(21-29)38-22-25-10-7-14-28(20-25)34-2/h4-8,10-17,20-21H,9,18-19,22-23H2,1,3H3. The topological polar surface area (TPSA) is 38.4 Å². The summed E-state index contributed by atoms with van der Waals surface area (Å²) in [5, 5.41) is 0. The van der Waals surface area contributed by atoms with Crippen LogP contribution in [0.4, 0.5) is 5.69 Å². The van der Waals surface area contributed by atoms with Gasteiger partial charge in [-0.25, -0.2) is 4.85 Å². The molecule has 1 aliphatic rings. The predicted molar refractivity (Wildman–Crippen MR) is 153 cm³/mol. The van der Waals surface area contributed by atoms with Gasteiger partial charge in [-0.1, -0.05) is 66.7 Å². The van der Waals surface area contributed by atoms with Crippen LogP contribution in [0.5, 0.6) is 11.5 Å². The van der Waals surface area contributed by atoms with Gasteiger partial charge in [0.2, 0.25) is 0 Å². The Bertz CT molecular complexity index is 1490. The molecule has 0 aromatic heterocycles. The number of hydrogen-bond donors (Lipinski definition) is 0. The van der Waals surface area contributed by atoms with Crippen LogP contribution in [-0.4, -0.2) is 30.9 Å². The first-order valence-electron chi connectivity index (χ1n) is 12.9. The Balaban J connectivity index is 1.39. The Hall–Kier alpha value is -4.56. The molecule has 0 bridgehead atoms. The Morgan fingerprint density at radius 1 is 0.868 bits per heavy atom. The number of benzene rings is 4. The van der Waals surface area contributed by atoms with E-state index in [1.807, 2.05) is 42.5 Å². The molecule has 5 nitrogen and oxygen atoms in total. The lowest BCUT2D eigenvalue weighted by molar-refractivity contribution is 0.289. The first-order chi connectivity index (χ1) is 18.6. The minimum absolute atomic E-state index is 0.356. The quantitative estimate of drug-likeness (QED) is 0.235. The number of amidine groups is 1. The molecule has 190 valence electrons. The van der Waals surface area contributed by atoms with Crippen molar-refractivity contribution in [3.05, 3.63) is 125 Å². The maximum Gasteiger partial charge on any atom is 0.187 e. The van der Waals surface area contributed by atoms with Gasteiger partial charge in [0.05, 0.1) is 12.1 Å². The summed E-state index contributed by atoms with van der Waals surface area (Å²) in [6, 6.07) is 30.3. The largest absolute Gasteiger partial charge is 0.489 e. The summed E-state index contributed by atoms with van der Waals surface area (Å²) in [6.07, 6.45) is 1.04. The zero-order valence-electron chi connectivity index (χ0n) is 21.9. The van der Waals surface area contributed by atoms with Crippen LogP contribution in [0.2, 0.25) is 0 Å². The van der Waals surface area contributed by atoms with Crippen LogP contribution in [0.1, 0.15) is 28.7 Å². The summed E-state index contributed by atoms with van der Waals surface area (Å²) in [5.41, 5.74) is 7.27. The van der Waals surface area contributed by atoms with E-state index in [-0.39, 0.29) is 0 Å². The summed E-state index contributed by atoms with van der Waals surface area (Å²) in [5.74, 6) is 2.39. The third-order valence-electron chi connectivity index (χ3n) is 6.83. The average Bonchev–Trinajstić information content (AvgIpc) is 2.96. The van der Waals surface area contributed by atoms with Crippen LogP contribution in [0.15, 0.2) is 96.0 Å². The van der Waals surface area contributed by atoms with Gasteiger partial charge in [0.1, 0.15) is 30.5 Å². The van der Waals surface area contributed by atoms with Crippen LogP contribution >= 0.6 is 0 Å². The SMILES string of the molecule is [C-]#[N+]c1cccc(COc2cc(OCc3cccc(-c4ccccc4)c3C)ccc2C2=NCCCN2C)c1. The lowest BCUT2D eigenvalue weighted by atomic mass is 9.97. The lowest BCUT2D eigenvalue weighted by Gasteiger charge is -2.26. The Morgan fingerprint density at radius 3 is 2.53 bits per heavy atom. The van der Waals surface area contributed by atoms with Crippen molar-refractivity contribution < 1.29 is 9.47 Å². The van der Waals surface area contributed by atoms with E-state index in [2.05, 4.69) is 66.2 Å². The van der Waals surface area contributed by atoms with Crippen molar-refractivity contribution in [2.24, 2.45) is 4.99 Å². The molecule has 1 aliphatic heterocycles. The highest BCUT2D eigenvalue weighted by Gasteiger charge is 2.19. The molecule has 5 rings (SSSR count). The van der Waals surface area contributed by atoms with Gasteiger partial charge in [0.15, 0.2) is 5.69 Å². The lowest BCUT2D eigenvalue weighted by Crippen LogP contribution is -2.33. The fourth-order valence-electron chi connectivity index (χ4n) is 4.72. The van der Waals surface area contributed by atoms with Crippen LogP contribution in [0.25, 0.3) is 16.0 Å². The molecule has 0 atom stereocenters. The van der Waals surface area contributed by atoms with E-state index in [1.54, 1.807) is 6.07 Å². The molecular weight excluding hydrogens is 470 g/mol. The number of ether oxygens (including phenoxy) is 2. The van der Waals surface area contributed by atoms with Crippen molar-refractivity contribution in [2.75, 3.05) is 20.1 Å². The summed E-state index contributed by atoms with van der Waals surface area (Å²) in [6.45, 7) is 12.0. The van der Waals surface area contributed by atoms with Crippen molar-refractivity contribution in [2.45, 2.75) is 26.6 Å². The Morgan fingerprint density at radius 2 is 1.71 bits per heavy atom. The van der Waals surface area contributed by atoms with E-state index in [1.165, 1.54) is 16.7 Å². The van der Waals surface area contributed by atoms with Crippen molar-refractivity contribution in [1.29, 1.82) is 0 Å². The van der Waals surface area contributed by atoms with Gasteiger partial charge in [-0.3, -0.25) is 4.99 Å². The fraction of sp³-hybridized carbons (Fsp3) is 0.212. The van der Waals surface area contributed by atoms with Gasteiger partial charge in [-0.15, -0.1) is 0 Å². The first-order valence-corrected chi connectivity index (χ1v) is 12.9. The van der Waals surface area contributed by atoms with E-state index < -0.39 is 0 Å². The summed E-state index contributed by atoms with van der Waals surface area (Å²) < 4.78 is 12.6. The Labute approximate surface area is 224 Å². The molecule has 0 radical (unpaired) electrons. The third kappa shape index (κ3) is 5.71. The van der Waals surface area contributed by atoms with Crippen molar-refractivity contribution in [3.63, 3.8) is 0 Å². The second kappa shape index (κ2) is 11.7. The molecule has 38 heavy (non-hydrogen) atoms. The maximum absolute atomic E-state index is 7.30. The van der Waals surface area contributed by atoms with Gasteiger partial charge in [-0.2, -0.15) is 0 Å². The molecule has 0 fully saturated rings. The molecule has 0 spiro atoms. The van der Waals surface area contributed by atoms with Crippen LogP contribution in [0.3, 0.4) is 0 Å². The number of aliphatic imine (C=N–C) groups is 1. The van der Waals surface area contributed by atoms with E-state index in [9.17, 15) is 0 Å². The highest BCUT2D eigenvalue weighted by molar-refractivity contribution is 6.01. The molecule has 0 saturated heterocycles. The van der Waals surface area contributed by atoms with Crippen LogP contribution < -0.4 is 9.47 Å². The zero-order valence-corrected chi connectivity index (χ0v) is 21.9. The van der Waals surface area contributed by atoms with E-state index in [4.69, 9.17) is 21.0 Å². The molecule has 0 aliphatic carbocycles. The summed E-state index contributed by atoms with van der Waals surface area (Å²) in [4.78, 5) is 10.5. The predicted octanol–water partition coefficient (Wildman–Crippen LogP) is 7.45. The fourth-order valence-corrected chi connectivity index (χ4v) is 4.72. The average molecular weight is 502 g/mol. The van der Waals surface area contributed by atoms with Gasteiger partial charge >= 0.3 is 0 Å². The summed E-state index contributed by atoms with van der Waals surface area (Å²) in [7, 11) is 2.06. The molecule has 0 N–H and O–H groups in total. The molecule has 5 heteroatoms. The molecule has 0 unspecified atom stereocenters. The number of nitrogens with zero attached hydrogens (tertiary/aromatic N) is 3. The highest BCUT2D eigenvalue weighted by Crippen LogP contribution is 2.30. The second-order valence-electron chi connectivity index (χ2n) is 9.45. The zero-order chi connectivity index (χ0) is 26.3. The Kier molecular flexibility index (Phi) is 7.70. The smallest absolute Gasteiger partial charge is 0.187 e. The molecule has 4 aromatic rings. The molecule has 1 heterocycles. The van der Waals surface area contributed by atoms with Crippen molar-refractivity contribution in [1.82, 2.24) is 4.90 Å². The highest BCUT2D eigenvalue weighted by atomic mass is 16.5.